The fourth-order valence-electron chi connectivity index (χ4n) is 2.04. The highest BCUT2D eigenvalue weighted by Gasteiger charge is 2.10. The van der Waals surface area contributed by atoms with E-state index in [4.69, 9.17) is 27.6 Å². The fraction of sp³-hybridized carbons (Fsp3) is 0.0588. The van der Waals surface area contributed by atoms with Gasteiger partial charge < -0.3 is 4.42 Å². The molecule has 1 amide bonds. The molecule has 7 heteroatoms. The second kappa shape index (κ2) is 7.66. The number of halogens is 2. The van der Waals surface area contributed by atoms with Crippen LogP contribution in [0.3, 0.4) is 0 Å². The Labute approximate surface area is 152 Å². The molecule has 0 unspecified atom stereocenters. The summed E-state index contributed by atoms with van der Waals surface area (Å²) in [5.74, 6) is 0.893. The molecule has 0 bridgehead atoms. The van der Waals surface area contributed by atoms with E-state index < -0.39 is 0 Å². The molecule has 4 nitrogen and oxygen atoms in total. The van der Waals surface area contributed by atoms with Gasteiger partial charge in [0.15, 0.2) is 0 Å². The number of hydrogen-bond acceptors (Lipinski definition) is 4. The number of thiophene rings is 1. The molecule has 122 valence electrons. The van der Waals surface area contributed by atoms with Crippen molar-refractivity contribution >= 4 is 46.7 Å². The van der Waals surface area contributed by atoms with E-state index in [1.165, 1.54) is 17.6 Å². The lowest BCUT2D eigenvalue weighted by Crippen LogP contribution is -2.19. The van der Waals surface area contributed by atoms with E-state index in [0.29, 0.717) is 33.6 Å². The van der Waals surface area contributed by atoms with Crippen LogP contribution in [0.1, 0.15) is 10.6 Å². The van der Waals surface area contributed by atoms with Crippen molar-refractivity contribution in [2.75, 3.05) is 0 Å². The van der Waals surface area contributed by atoms with Crippen LogP contribution in [0.2, 0.25) is 10.0 Å². The number of hydrazone groups is 1. The third kappa shape index (κ3) is 4.06. The molecule has 0 spiro atoms. The zero-order chi connectivity index (χ0) is 16.9. The lowest BCUT2D eigenvalue weighted by atomic mass is 10.2. The second-order valence-corrected chi connectivity index (χ2v) is 6.67. The standard InChI is InChI=1S/C17H12Cl2N2O2S/c18-14-5-1-4-13(17(14)19)15-7-6-11(23-15)10-20-21-16(22)9-12-3-2-8-24-12/h1-8,10H,9H2,(H,21,22)/b20-10-. The van der Waals surface area contributed by atoms with Gasteiger partial charge in [-0.05, 0) is 35.7 Å². The van der Waals surface area contributed by atoms with Crippen LogP contribution in [0.15, 0.2) is 57.4 Å². The van der Waals surface area contributed by atoms with Gasteiger partial charge in [0, 0.05) is 10.4 Å². The molecule has 0 aliphatic heterocycles. The van der Waals surface area contributed by atoms with Crippen LogP contribution in [0.25, 0.3) is 11.3 Å². The van der Waals surface area contributed by atoms with Crippen LogP contribution in [0.4, 0.5) is 0 Å². The van der Waals surface area contributed by atoms with Gasteiger partial charge in [0.25, 0.3) is 0 Å². The average molecular weight is 379 g/mol. The van der Waals surface area contributed by atoms with Gasteiger partial charge >= 0.3 is 0 Å². The van der Waals surface area contributed by atoms with Crippen LogP contribution in [-0.2, 0) is 11.2 Å². The Bertz CT molecular complexity index is 873. The first kappa shape index (κ1) is 16.8. The van der Waals surface area contributed by atoms with Crippen LogP contribution in [0, 0.1) is 0 Å². The molecule has 1 aromatic carbocycles. The summed E-state index contributed by atoms with van der Waals surface area (Å²) >= 11 is 13.7. The summed E-state index contributed by atoms with van der Waals surface area (Å²) in [6, 6.07) is 12.6. The molecule has 0 radical (unpaired) electrons. The van der Waals surface area contributed by atoms with Gasteiger partial charge in [-0.3, -0.25) is 4.79 Å². The van der Waals surface area contributed by atoms with Crippen molar-refractivity contribution in [3.05, 3.63) is 68.5 Å². The Morgan fingerprint density at radius 3 is 2.88 bits per heavy atom. The van der Waals surface area contributed by atoms with Gasteiger partial charge in [0.05, 0.1) is 22.7 Å². The van der Waals surface area contributed by atoms with Gasteiger partial charge in [-0.15, -0.1) is 11.3 Å². The average Bonchev–Trinajstić information content (AvgIpc) is 3.22. The SMILES string of the molecule is O=C(Cc1cccs1)N/N=C\c1ccc(-c2cccc(Cl)c2Cl)o1. The largest absolute Gasteiger partial charge is 0.455 e. The van der Waals surface area contributed by atoms with Crippen molar-refractivity contribution in [3.63, 3.8) is 0 Å². The van der Waals surface area contributed by atoms with Gasteiger partial charge in [-0.25, -0.2) is 5.43 Å². The number of nitrogens with one attached hydrogen (secondary N) is 1. The Balaban J connectivity index is 1.63. The molecule has 2 heterocycles. The summed E-state index contributed by atoms with van der Waals surface area (Å²) in [4.78, 5) is 12.7. The minimum absolute atomic E-state index is 0.182. The lowest BCUT2D eigenvalue weighted by Gasteiger charge is -2.01. The first-order valence-electron chi connectivity index (χ1n) is 7.02. The molecule has 0 saturated heterocycles. The predicted molar refractivity (Wildman–Crippen MR) is 97.9 cm³/mol. The molecule has 0 atom stereocenters. The Kier molecular flexibility index (Phi) is 5.35. The zero-order valence-electron chi connectivity index (χ0n) is 12.3. The highest BCUT2D eigenvalue weighted by molar-refractivity contribution is 7.10. The number of hydrogen-bond donors (Lipinski definition) is 1. The minimum Gasteiger partial charge on any atom is -0.455 e. The molecule has 0 fully saturated rings. The molecule has 0 aliphatic carbocycles. The van der Waals surface area contributed by atoms with E-state index in [2.05, 4.69) is 10.5 Å². The number of rotatable bonds is 5. The third-order valence-corrected chi connectivity index (χ3v) is 4.84. The minimum atomic E-state index is -0.182. The van der Waals surface area contributed by atoms with Crippen molar-refractivity contribution in [3.8, 4) is 11.3 Å². The summed E-state index contributed by atoms with van der Waals surface area (Å²) in [7, 11) is 0. The first-order chi connectivity index (χ1) is 11.6. The van der Waals surface area contributed by atoms with Crippen molar-refractivity contribution in [1.29, 1.82) is 0 Å². The van der Waals surface area contributed by atoms with Crippen molar-refractivity contribution in [1.82, 2.24) is 5.43 Å². The van der Waals surface area contributed by atoms with E-state index in [0.717, 1.165) is 4.88 Å². The smallest absolute Gasteiger partial charge is 0.245 e. The van der Waals surface area contributed by atoms with Crippen molar-refractivity contribution in [2.24, 2.45) is 5.10 Å². The quantitative estimate of drug-likeness (QED) is 0.501. The van der Waals surface area contributed by atoms with E-state index >= 15 is 0 Å². The summed E-state index contributed by atoms with van der Waals surface area (Å²) in [6.07, 6.45) is 1.74. The lowest BCUT2D eigenvalue weighted by molar-refractivity contribution is -0.120. The van der Waals surface area contributed by atoms with Crippen LogP contribution in [-0.4, -0.2) is 12.1 Å². The fourth-order valence-corrected chi connectivity index (χ4v) is 3.14. The number of carbonyl (C=O) groups excluding carboxylic acids is 1. The van der Waals surface area contributed by atoms with E-state index in [1.807, 2.05) is 23.6 Å². The Morgan fingerprint density at radius 1 is 1.21 bits per heavy atom. The zero-order valence-corrected chi connectivity index (χ0v) is 14.7. The maximum Gasteiger partial charge on any atom is 0.245 e. The first-order valence-corrected chi connectivity index (χ1v) is 8.65. The summed E-state index contributed by atoms with van der Waals surface area (Å²) in [5.41, 5.74) is 3.17. The van der Waals surface area contributed by atoms with Gasteiger partial charge in [0.2, 0.25) is 5.91 Å². The summed E-state index contributed by atoms with van der Waals surface area (Å²) < 4.78 is 5.65. The predicted octanol–water partition coefficient (Wildman–Crippen LogP) is 5.01. The molecule has 24 heavy (non-hydrogen) atoms. The monoisotopic (exact) mass is 378 g/mol. The van der Waals surface area contributed by atoms with Crippen LogP contribution >= 0.6 is 34.5 Å². The van der Waals surface area contributed by atoms with Gasteiger partial charge in [-0.2, -0.15) is 5.10 Å². The third-order valence-electron chi connectivity index (χ3n) is 3.14. The second-order valence-electron chi connectivity index (χ2n) is 4.85. The van der Waals surface area contributed by atoms with E-state index in [1.54, 1.807) is 24.3 Å². The molecular formula is C17H12Cl2N2O2S. The molecule has 3 aromatic rings. The number of amides is 1. The maximum atomic E-state index is 11.7. The summed E-state index contributed by atoms with van der Waals surface area (Å²) in [5, 5.41) is 6.72. The van der Waals surface area contributed by atoms with Crippen molar-refractivity contribution < 1.29 is 9.21 Å². The van der Waals surface area contributed by atoms with E-state index in [-0.39, 0.29) is 5.91 Å². The Hall–Kier alpha value is -2.08. The molecule has 0 saturated carbocycles. The van der Waals surface area contributed by atoms with Crippen LogP contribution < -0.4 is 5.43 Å². The highest BCUT2D eigenvalue weighted by atomic mass is 35.5. The normalized spacial score (nSPS) is 11.1. The van der Waals surface area contributed by atoms with Crippen molar-refractivity contribution in [2.45, 2.75) is 6.42 Å². The number of carbonyl (C=O) groups is 1. The van der Waals surface area contributed by atoms with E-state index in [9.17, 15) is 4.79 Å². The number of furan rings is 1. The maximum absolute atomic E-state index is 11.7. The number of benzene rings is 1. The molecule has 1 N–H and O–H groups in total. The van der Waals surface area contributed by atoms with Gasteiger partial charge in [0.1, 0.15) is 11.5 Å². The molecule has 3 rings (SSSR count). The topological polar surface area (TPSA) is 54.6 Å². The Morgan fingerprint density at radius 2 is 2.08 bits per heavy atom. The highest BCUT2D eigenvalue weighted by Crippen LogP contribution is 2.34. The molecular weight excluding hydrogens is 367 g/mol. The number of nitrogens with zero attached hydrogens (tertiary/aromatic N) is 1. The van der Waals surface area contributed by atoms with Crippen LogP contribution in [0.5, 0.6) is 0 Å². The molecule has 2 aromatic heterocycles. The van der Waals surface area contributed by atoms with Gasteiger partial charge in [-0.1, -0.05) is 35.3 Å². The molecule has 0 aliphatic rings. The summed E-state index contributed by atoms with van der Waals surface area (Å²) in [6.45, 7) is 0.